The molecule has 2 aromatic heterocycles. The number of aromatic nitrogens is 3. The van der Waals surface area contributed by atoms with Crippen LogP contribution in [0.4, 0.5) is 5.82 Å². The van der Waals surface area contributed by atoms with Crippen molar-refractivity contribution in [2.75, 3.05) is 6.61 Å². The Kier molecular flexibility index (Phi) is 5.07. The van der Waals surface area contributed by atoms with Crippen LogP contribution in [0.2, 0.25) is 0 Å². The number of ketones is 1. The molecule has 0 aliphatic carbocycles. The van der Waals surface area contributed by atoms with Crippen LogP contribution in [0.1, 0.15) is 28.7 Å². The van der Waals surface area contributed by atoms with Crippen molar-refractivity contribution in [1.29, 1.82) is 0 Å². The summed E-state index contributed by atoms with van der Waals surface area (Å²) in [5, 5.41) is 10.7. The van der Waals surface area contributed by atoms with Gasteiger partial charge in [-0.2, -0.15) is 0 Å². The van der Waals surface area contributed by atoms with E-state index in [0.29, 0.717) is 12.2 Å². The Labute approximate surface area is 156 Å². The van der Waals surface area contributed by atoms with Crippen molar-refractivity contribution in [2.45, 2.75) is 27.3 Å². The molecule has 8 heteroatoms. The van der Waals surface area contributed by atoms with Crippen molar-refractivity contribution in [3.05, 3.63) is 69.9 Å². The largest absolute Gasteiger partial charge is 0.494 e. The van der Waals surface area contributed by atoms with Gasteiger partial charge in [-0.25, -0.2) is 0 Å². The fourth-order valence-electron chi connectivity index (χ4n) is 3.08. The molecule has 0 radical (unpaired) electrons. The maximum Gasteiger partial charge on any atom is 0.381 e. The number of nitrogens with zero attached hydrogens (tertiary/aromatic N) is 4. The van der Waals surface area contributed by atoms with Crippen molar-refractivity contribution in [3.8, 4) is 11.4 Å². The molecule has 0 unspecified atom stereocenters. The molecule has 0 N–H and O–H groups in total. The number of imidazole rings is 1. The van der Waals surface area contributed by atoms with Crippen LogP contribution in [0.5, 0.6) is 5.75 Å². The highest BCUT2D eigenvalue weighted by atomic mass is 16.6. The zero-order valence-corrected chi connectivity index (χ0v) is 15.4. The maximum atomic E-state index is 12.7. The van der Waals surface area contributed by atoms with Gasteiger partial charge in [0.1, 0.15) is 11.9 Å². The van der Waals surface area contributed by atoms with Crippen LogP contribution in [0.3, 0.4) is 0 Å². The van der Waals surface area contributed by atoms with E-state index in [0.717, 1.165) is 22.8 Å². The zero-order valence-electron chi connectivity index (χ0n) is 15.4. The third-order valence-electron chi connectivity index (χ3n) is 4.27. The van der Waals surface area contributed by atoms with Crippen molar-refractivity contribution in [3.63, 3.8) is 0 Å². The van der Waals surface area contributed by atoms with Crippen LogP contribution in [0, 0.1) is 24.0 Å². The van der Waals surface area contributed by atoms with Gasteiger partial charge in [0, 0.05) is 22.6 Å². The molecular weight excluding hydrogens is 348 g/mol. The average molecular weight is 368 g/mol. The SMILES string of the molecule is CCOc1ccc(-n2c(C)cc(C(=O)Cn3cnc([N+](=O)[O-])c3)c2C)cc1. The molecule has 0 fully saturated rings. The molecule has 2 heterocycles. The molecule has 0 bridgehead atoms. The Morgan fingerprint density at radius 2 is 1.96 bits per heavy atom. The smallest absolute Gasteiger partial charge is 0.381 e. The third-order valence-corrected chi connectivity index (χ3v) is 4.27. The molecule has 140 valence electrons. The number of Topliss-reactive ketones (excluding diaryl/α,β-unsaturated/α-hetero) is 1. The summed E-state index contributed by atoms with van der Waals surface area (Å²) in [5.74, 6) is 0.386. The lowest BCUT2D eigenvalue weighted by molar-refractivity contribution is -0.389. The summed E-state index contributed by atoms with van der Waals surface area (Å²) in [4.78, 5) is 26.5. The lowest BCUT2D eigenvalue weighted by Crippen LogP contribution is -2.10. The second kappa shape index (κ2) is 7.45. The summed E-state index contributed by atoms with van der Waals surface area (Å²) in [5.41, 5.74) is 3.26. The van der Waals surface area contributed by atoms with E-state index in [1.165, 1.54) is 17.1 Å². The van der Waals surface area contributed by atoms with Crippen molar-refractivity contribution in [1.82, 2.24) is 14.1 Å². The predicted octanol–water partition coefficient (Wildman–Crippen LogP) is 3.48. The van der Waals surface area contributed by atoms with E-state index in [2.05, 4.69) is 4.98 Å². The number of hydrogen-bond donors (Lipinski definition) is 0. The van der Waals surface area contributed by atoms with E-state index < -0.39 is 4.92 Å². The molecule has 0 aliphatic rings. The van der Waals surface area contributed by atoms with Gasteiger partial charge in [-0.05, 0) is 61.0 Å². The fourth-order valence-corrected chi connectivity index (χ4v) is 3.08. The molecule has 0 amide bonds. The third kappa shape index (κ3) is 3.74. The van der Waals surface area contributed by atoms with Crippen molar-refractivity contribution < 1.29 is 14.5 Å². The fraction of sp³-hybridized carbons (Fsp3) is 0.263. The minimum Gasteiger partial charge on any atom is -0.494 e. The Morgan fingerprint density at radius 3 is 2.56 bits per heavy atom. The highest BCUT2D eigenvalue weighted by Crippen LogP contribution is 2.23. The Bertz CT molecular complexity index is 986. The van der Waals surface area contributed by atoms with Gasteiger partial charge in [0.25, 0.3) is 0 Å². The summed E-state index contributed by atoms with van der Waals surface area (Å²) in [6.07, 6.45) is 2.55. The molecule has 0 atom stereocenters. The molecule has 1 aromatic carbocycles. The molecule has 27 heavy (non-hydrogen) atoms. The Balaban J connectivity index is 1.85. The molecule has 8 nitrogen and oxygen atoms in total. The Morgan fingerprint density at radius 1 is 1.26 bits per heavy atom. The van der Waals surface area contributed by atoms with Crippen molar-refractivity contribution in [2.24, 2.45) is 0 Å². The van der Waals surface area contributed by atoms with Gasteiger partial charge in [-0.1, -0.05) is 0 Å². The molecule has 0 aliphatic heterocycles. The summed E-state index contributed by atoms with van der Waals surface area (Å²) in [6, 6.07) is 9.50. The summed E-state index contributed by atoms with van der Waals surface area (Å²) in [6.45, 7) is 6.34. The zero-order chi connectivity index (χ0) is 19.6. The summed E-state index contributed by atoms with van der Waals surface area (Å²) >= 11 is 0. The van der Waals surface area contributed by atoms with Gasteiger partial charge in [0.05, 0.1) is 13.2 Å². The number of benzene rings is 1. The molecule has 3 rings (SSSR count). The van der Waals surface area contributed by atoms with Gasteiger partial charge in [-0.3, -0.25) is 4.79 Å². The van der Waals surface area contributed by atoms with E-state index in [9.17, 15) is 14.9 Å². The number of aryl methyl sites for hydroxylation is 1. The van der Waals surface area contributed by atoms with E-state index in [-0.39, 0.29) is 18.1 Å². The van der Waals surface area contributed by atoms with Gasteiger partial charge in [0.2, 0.25) is 6.33 Å². The topological polar surface area (TPSA) is 92.2 Å². The minimum atomic E-state index is -0.585. The standard InChI is InChI=1S/C19H20N4O4/c1-4-27-16-7-5-15(6-8-16)22-13(2)9-17(14(22)3)18(24)10-21-11-19(20-12-21)23(25)26/h5-9,11-12H,4,10H2,1-3H3. The first-order valence-corrected chi connectivity index (χ1v) is 8.52. The van der Waals surface area contributed by atoms with Crippen LogP contribution < -0.4 is 4.74 Å². The molecular formula is C19H20N4O4. The van der Waals surface area contributed by atoms with Crippen molar-refractivity contribution >= 4 is 11.6 Å². The Hall–Kier alpha value is -3.42. The second-order valence-corrected chi connectivity index (χ2v) is 6.13. The quantitative estimate of drug-likeness (QED) is 0.362. The number of carbonyl (C=O) groups is 1. The predicted molar refractivity (Wildman–Crippen MR) is 99.6 cm³/mol. The van der Waals surface area contributed by atoms with Gasteiger partial charge in [0.15, 0.2) is 5.78 Å². The van der Waals surface area contributed by atoms with Crippen LogP contribution in [-0.2, 0) is 6.54 Å². The molecule has 3 aromatic rings. The summed E-state index contributed by atoms with van der Waals surface area (Å²) in [7, 11) is 0. The number of hydrogen-bond acceptors (Lipinski definition) is 5. The molecule has 0 spiro atoms. The normalized spacial score (nSPS) is 10.8. The molecule has 0 saturated carbocycles. The highest BCUT2D eigenvalue weighted by molar-refractivity contribution is 5.97. The number of nitro groups is 1. The van der Waals surface area contributed by atoms with Gasteiger partial charge in [-0.15, -0.1) is 0 Å². The second-order valence-electron chi connectivity index (χ2n) is 6.13. The lowest BCUT2D eigenvalue weighted by Gasteiger charge is -2.11. The van der Waals surface area contributed by atoms with E-state index in [1.807, 2.05) is 55.7 Å². The molecule has 0 saturated heterocycles. The lowest BCUT2D eigenvalue weighted by atomic mass is 10.1. The average Bonchev–Trinajstić information content (AvgIpc) is 3.21. The van der Waals surface area contributed by atoms with E-state index >= 15 is 0 Å². The highest BCUT2D eigenvalue weighted by Gasteiger charge is 2.19. The van der Waals surface area contributed by atoms with Crippen LogP contribution in [0.15, 0.2) is 42.9 Å². The monoisotopic (exact) mass is 368 g/mol. The number of rotatable bonds is 7. The van der Waals surface area contributed by atoms with Crippen LogP contribution in [-0.4, -0.2) is 31.4 Å². The van der Waals surface area contributed by atoms with Crippen LogP contribution >= 0.6 is 0 Å². The van der Waals surface area contributed by atoms with Gasteiger partial charge >= 0.3 is 5.82 Å². The first-order chi connectivity index (χ1) is 12.9. The maximum absolute atomic E-state index is 12.7. The first-order valence-electron chi connectivity index (χ1n) is 8.52. The summed E-state index contributed by atoms with van der Waals surface area (Å²) < 4.78 is 8.89. The van der Waals surface area contributed by atoms with E-state index in [4.69, 9.17) is 4.74 Å². The van der Waals surface area contributed by atoms with E-state index in [1.54, 1.807) is 0 Å². The van der Waals surface area contributed by atoms with Crippen LogP contribution in [0.25, 0.3) is 5.69 Å². The first kappa shape index (κ1) is 18.4. The minimum absolute atomic E-state index is 0.00554. The number of ether oxygens (including phenoxy) is 1. The van der Waals surface area contributed by atoms with Gasteiger partial charge < -0.3 is 24.0 Å². The number of carbonyl (C=O) groups excluding carboxylic acids is 1.